The van der Waals surface area contributed by atoms with Crippen molar-refractivity contribution in [3.8, 4) is 0 Å². The Balaban J connectivity index is 2.02. The van der Waals surface area contributed by atoms with Gasteiger partial charge in [0.1, 0.15) is 0 Å². The fourth-order valence-corrected chi connectivity index (χ4v) is 3.76. The van der Waals surface area contributed by atoms with Gasteiger partial charge in [0.2, 0.25) is 0 Å². The number of sulfonamides is 1. The first kappa shape index (κ1) is 16.4. The van der Waals surface area contributed by atoms with Gasteiger partial charge >= 0.3 is 6.18 Å². The summed E-state index contributed by atoms with van der Waals surface area (Å²) in [6.45, 7) is 1.85. The van der Waals surface area contributed by atoms with Crippen LogP contribution in [0.1, 0.15) is 11.3 Å². The van der Waals surface area contributed by atoms with Crippen LogP contribution in [0.15, 0.2) is 53.4 Å². The number of fused-ring (bicyclic) bond motifs is 1. The molecule has 0 bridgehead atoms. The van der Waals surface area contributed by atoms with Gasteiger partial charge in [-0.05, 0) is 43.3 Å². The number of anilines is 1. The van der Waals surface area contributed by atoms with Crippen LogP contribution < -0.4 is 4.72 Å². The van der Waals surface area contributed by atoms with E-state index in [4.69, 9.17) is 0 Å². The summed E-state index contributed by atoms with van der Waals surface area (Å²) in [5.41, 5.74) is 0.702. The molecule has 2 aromatic carbocycles. The molecule has 0 fully saturated rings. The Bertz CT molecular complexity index is 1010. The molecule has 1 aromatic heterocycles. The van der Waals surface area contributed by atoms with E-state index in [0.29, 0.717) is 0 Å². The Labute approximate surface area is 136 Å². The molecule has 0 aliphatic carbocycles. The van der Waals surface area contributed by atoms with Crippen LogP contribution in [0.25, 0.3) is 10.9 Å². The van der Waals surface area contributed by atoms with Crippen molar-refractivity contribution in [1.82, 2.24) is 4.98 Å². The van der Waals surface area contributed by atoms with Gasteiger partial charge in [-0.1, -0.05) is 12.1 Å². The van der Waals surface area contributed by atoms with Gasteiger partial charge in [-0.15, -0.1) is 0 Å². The van der Waals surface area contributed by atoms with Crippen molar-refractivity contribution < 1.29 is 21.6 Å². The lowest BCUT2D eigenvalue weighted by molar-refractivity contribution is -0.139. The fourth-order valence-electron chi connectivity index (χ4n) is 2.49. The fraction of sp³-hybridized carbons (Fsp3) is 0.125. The van der Waals surface area contributed by atoms with E-state index in [1.807, 2.05) is 13.0 Å². The Hall–Kier alpha value is -2.48. The number of rotatable bonds is 3. The molecule has 3 aromatic rings. The van der Waals surface area contributed by atoms with Crippen molar-refractivity contribution in [2.24, 2.45) is 0 Å². The number of hydrogen-bond acceptors (Lipinski definition) is 2. The highest BCUT2D eigenvalue weighted by Crippen LogP contribution is 2.34. The van der Waals surface area contributed by atoms with Gasteiger partial charge in [0.05, 0.1) is 10.5 Å². The maximum Gasteiger partial charge on any atom is 0.417 e. The zero-order valence-corrected chi connectivity index (χ0v) is 13.3. The van der Waals surface area contributed by atoms with Gasteiger partial charge in [0, 0.05) is 22.3 Å². The maximum absolute atomic E-state index is 13.0. The largest absolute Gasteiger partial charge is 0.417 e. The average molecular weight is 354 g/mol. The zero-order valence-electron chi connectivity index (χ0n) is 12.5. The normalized spacial score (nSPS) is 12.5. The molecule has 0 spiro atoms. The first-order valence-corrected chi connectivity index (χ1v) is 8.43. The highest BCUT2D eigenvalue weighted by atomic mass is 32.2. The second-order valence-electron chi connectivity index (χ2n) is 5.35. The van der Waals surface area contributed by atoms with Crippen LogP contribution in [0.5, 0.6) is 0 Å². The third-order valence-corrected chi connectivity index (χ3v) is 4.93. The molecule has 2 N–H and O–H groups in total. The van der Waals surface area contributed by atoms with Crippen LogP contribution in [0, 0.1) is 6.92 Å². The summed E-state index contributed by atoms with van der Waals surface area (Å²) >= 11 is 0. The topological polar surface area (TPSA) is 62.0 Å². The van der Waals surface area contributed by atoms with Crippen LogP contribution in [0.4, 0.5) is 18.9 Å². The van der Waals surface area contributed by atoms with Gasteiger partial charge < -0.3 is 4.98 Å². The number of benzene rings is 2. The number of H-pyrrole nitrogens is 1. The molecule has 0 radical (unpaired) electrons. The third kappa shape index (κ3) is 3.09. The number of halogens is 3. The van der Waals surface area contributed by atoms with Gasteiger partial charge in [0.15, 0.2) is 0 Å². The first-order chi connectivity index (χ1) is 11.2. The van der Waals surface area contributed by atoms with E-state index < -0.39 is 26.7 Å². The lowest BCUT2D eigenvalue weighted by Gasteiger charge is -2.14. The van der Waals surface area contributed by atoms with Crippen LogP contribution in [0.3, 0.4) is 0 Å². The molecule has 8 heteroatoms. The van der Waals surface area contributed by atoms with E-state index in [0.717, 1.165) is 34.8 Å². The molecule has 0 aliphatic heterocycles. The summed E-state index contributed by atoms with van der Waals surface area (Å²) in [6.07, 6.45) is -4.76. The molecule has 0 saturated carbocycles. The molecule has 126 valence electrons. The van der Waals surface area contributed by atoms with E-state index in [1.54, 1.807) is 12.1 Å². The predicted molar refractivity (Wildman–Crippen MR) is 85.3 cm³/mol. The van der Waals surface area contributed by atoms with Crippen molar-refractivity contribution in [3.05, 3.63) is 59.8 Å². The lowest BCUT2D eigenvalue weighted by atomic mass is 10.2. The highest BCUT2D eigenvalue weighted by Gasteiger charge is 2.36. The minimum Gasteiger partial charge on any atom is -0.359 e. The van der Waals surface area contributed by atoms with Crippen LogP contribution in [0.2, 0.25) is 0 Å². The van der Waals surface area contributed by atoms with Crippen molar-refractivity contribution in [3.63, 3.8) is 0 Å². The number of hydrogen-bond donors (Lipinski definition) is 2. The number of alkyl halides is 3. The molecule has 0 atom stereocenters. The second-order valence-corrected chi connectivity index (χ2v) is 7.00. The molecule has 0 aliphatic rings. The van der Waals surface area contributed by atoms with Crippen LogP contribution in [-0.2, 0) is 16.2 Å². The van der Waals surface area contributed by atoms with E-state index in [2.05, 4.69) is 9.71 Å². The Morgan fingerprint density at radius 3 is 2.46 bits per heavy atom. The molecule has 3 rings (SSSR count). The standard InChI is InChI=1S/C16H13F3N2O2S/c1-10-8-11-9-12(6-7-14(11)20-10)21-24(22,23)15-5-3-2-4-13(15)16(17,18)19/h2-9,20-21H,1H3. The summed E-state index contributed by atoms with van der Waals surface area (Å²) in [6, 6.07) is 10.6. The molecular formula is C16H13F3N2O2S. The molecule has 1 heterocycles. The SMILES string of the molecule is Cc1cc2cc(NS(=O)(=O)c3ccccc3C(F)(F)F)ccc2[nH]1. The van der Waals surface area contributed by atoms with E-state index in [-0.39, 0.29) is 5.69 Å². The van der Waals surface area contributed by atoms with Crippen molar-refractivity contribution in [1.29, 1.82) is 0 Å². The summed E-state index contributed by atoms with van der Waals surface area (Å²) in [5.74, 6) is 0. The minimum atomic E-state index is -4.76. The molecule has 24 heavy (non-hydrogen) atoms. The number of aromatic nitrogens is 1. The monoisotopic (exact) mass is 354 g/mol. The number of nitrogens with one attached hydrogen (secondary N) is 2. The average Bonchev–Trinajstić information content (AvgIpc) is 2.85. The minimum absolute atomic E-state index is 0.193. The third-order valence-electron chi connectivity index (χ3n) is 3.49. The van der Waals surface area contributed by atoms with Gasteiger partial charge in [0.25, 0.3) is 10.0 Å². The van der Waals surface area contributed by atoms with Crippen molar-refractivity contribution in [2.45, 2.75) is 18.0 Å². The molecular weight excluding hydrogens is 341 g/mol. The molecule has 0 unspecified atom stereocenters. The molecule has 0 amide bonds. The Morgan fingerprint density at radius 1 is 1.04 bits per heavy atom. The van der Waals surface area contributed by atoms with Crippen LogP contribution in [-0.4, -0.2) is 13.4 Å². The van der Waals surface area contributed by atoms with Crippen molar-refractivity contribution >= 4 is 26.6 Å². The van der Waals surface area contributed by atoms with Crippen molar-refractivity contribution in [2.75, 3.05) is 4.72 Å². The number of aromatic amines is 1. The number of aryl methyl sites for hydroxylation is 1. The van der Waals surface area contributed by atoms with E-state index >= 15 is 0 Å². The Morgan fingerprint density at radius 2 is 1.75 bits per heavy atom. The van der Waals surface area contributed by atoms with E-state index in [9.17, 15) is 21.6 Å². The van der Waals surface area contributed by atoms with E-state index in [1.165, 1.54) is 12.1 Å². The van der Waals surface area contributed by atoms with Gasteiger partial charge in [-0.25, -0.2) is 8.42 Å². The van der Waals surface area contributed by atoms with Gasteiger partial charge in [-0.2, -0.15) is 13.2 Å². The highest BCUT2D eigenvalue weighted by molar-refractivity contribution is 7.92. The quantitative estimate of drug-likeness (QED) is 0.737. The lowest BCUT2D eigenvalue weighted by Crippen LogP contribution is -2.18. The first-order valence-electron chi connectivity index (χ1n) is 6.95. The smallest absolute Gasteiger partial charge is 0.359 e. The predicted octanol–water partition coefficient (Wildman–Crippen LogP) is 4.30. The summed E-state index contributed by atoms with van der Waals surface area (Å²) in [4.78, 5) is 2.28. The van der Waals surface area contributed by atoms with Gasteiger partial charge in [-0.3, -0.25) is 4.72 Å². The Kier molecular flexibility index (Phi) is 3.79. The summed E-state index contributed by atoms with van der Waals surface area (Å²) in [5, 5.41) is 0.761. The van der Waals surface area contributed by atoms with Crippen LogP contribution >= 0.6 is 0 Å². The second kappa shape index (κ2) is 5.55. The summed E-state index contributed by atoms with van der Waals surface area (Å²) in [7, 11) is -4.37. The molecule has 4 nitrogen and oxygen atoms in total. The maximum atomic E-state index is 13.0. The summed E-state index contributed by atoms with van der Waals surface area (Å²) < 4.78 is 66.1. The zero-order chi connectivity index (χ0) is 17.5. The molecule has 0 saturated heterocycles.